The van der Waals surface area contributed by atoms with Gasteiger partial charge < -0.3 is 4.98 Å². The zero-order chi connectivity index (χ0) is 16.5. The molecule has 0 aliphatic carbocycles. The lowest BCUT2D eigenvalue weighted by Crippen LogP contribution is -1.97. The molecular formula is C16H11FN6S. The SMILES string of the molecule is CSc1nc2nc(-c3cccnc3)c(-c3ccncc3F)nc2[nH]1. The van der Waals surface area contributed by atoms with Gasteiger partial charge in [-0.15, -0.1) is 0 Å². The quantitative estimate of drug-likeness (QED) is 0.577. The Morgan fingerprint density at radius 3 is 2.62 bits per heavy atom. The van der Waals surface area contributed by atoms with E-state index in [0.717, 1.165) is 11.8 Å². The maximum atomic E-state index is 14.3. The van der Waals surface area contributed by atoms with E-state index in [1.807, 2.05) is 12.3 Å². The molecule has 6 nitrogen and oxygen atoms in total. The third kappa shape index (κ3) is 2.50. The number of nitrogens with zero attached hydrogens (tertiary/aromatic N) is 5. The fourth-order valence-corrected chi connectivity index (χ4v) is 2.75. The van der Waals surface area contributed by atoms with Crippen LogP contribution >= 0.6 is 11.8 Å². The normalized spacial score (nSPS) is 11.1. The highest BCUT2D eigenvalue weighted by molar-refractivity contribution is 7.98. The zero-order valence-electron chi connectivity index (χ0n) is 12.6. The molecule has 0 saturated carbocycles. The molecule has 118 valence electrons. The summed E-state index contributed by atoms with van der Waals surface area (Å²) in [5.74, 6) is -0.458. The number of nitrogens with one attached hydrogen (secondary N) is 1. The van der Waals surface area contributed by atoms with E-state index in [9.17, 15) is 4.39 Å². The second kappa shape index (κ2) is 5.97. The highest BCUT2D eigenvalue weighted by atomic mass is 32.2. The van der Waals surface area contributed by atoms with E-state index in [0.29, 0.717) is 33.4 Å². The zero-order valence-corrected chi connectivity index (χ0v) is 13.4. The van der Waals surface area contributed by atoms with Crippen molar-refractivity contribution >= 4 is 23.1 Å². The van der Waals surface area contributed by atoms with Crippen LogP contribution in [0.1, 0.15) is 0 Å². The van der Waals surface area contributed by atoms with Crippen LogP contribution in [0.4, 0.5) is 4.39 Å². The van der Waals surface area contributed by atoms with E-state index >= 15 is 0 Å². The average Bonchev–Trinajstić information content (AvgIpc) is 3.04. The molecule has 0 saturated heterocycles. The van der Waals surface area contributed by atoms with Crippen LogP contribution in [0.25, 0.3) is 33.8 Å². The van der Waals surface area contributed by atoms with E-state index in [1.54, 1.807) is 24.5 Å². The van der Waals surface area contributed by atoms with Crippen LogP contribution < -0.4 is 0 Å². The Bertz CT molecular complexity index is 1020. The molecule has 0 aromatic carbocycles. The third-order valence-corrected chi connectivity index (χ3v) is 4.05. The smallest absolute Gasteiger partial charge is 0.198 e. The lowest BCUT2D eigenvalue weighted by molar-refractivity contribution is 0.624. The molecule has 0 bridgehead atoms. The van der Waals surface area contributed by atoms with Gasteiger partial charge in [0.25, 0.3) is 0 Å². The Morgan fingerprint density at radius 1 is 1.00 bits per heavy atom. The lowest BCUT2D eigenvalue weighted by atomic mass is 10.1. The van der Waals surface area contributed by atoms with Crippen LogP contribution in [0.3, 0.4) is 0 Å². The van der Waals surface area contributed by atoms with Crippen molar-refractivity contribution in [3.8, 4) is 22.5 Å². The Balaban J connectivity index is 2.04. The first-order chi connectivity index (χ1) is 11.8. The Hall–Kier alpha value is -2.87. The minimum Gasteiger partial charge on any atom is -0.316 e. The Morgan fingerprint density at radius 2 is 1.88 bits per heavy atom. The number of halogens is 1. The van der Waals surface area contributed by atoms with E-state index in [1.165, 1.54) is 18.0 Å². The monoisotopic (exact) mass is 338 g/mol. The number of imidazole rings is 1. The van der Waals surface area contributed by atoms with Gasteiger partial charge in [0.15, 0.2) is 22.3 Å². The summed E-state index contributed by atoms with van der Waals surface area (Å²) in [6.45, 7) is 0. The van der Waals surface area contributed by atoms with Gasteiger partial charge in [-0.3, -0.25) is 9.97 Å². The van der Waals surface area contributed by atoms with Crippen molar-refractivity contribution < 1.29 is 4.39 Å². The number of hydrogen-bond donors (Lipinski definition) is 1. The molecule has 1 N–H and O–H groups in total. The molecular weight excluding hydrogens is 327 g/mol. The molecule has 0 spiro atoms. The van der Waals surface area contributed by atoms with Crippen LogP contribution in [0.2, 0.25) is 0 Å². The summed E-state index contributed by atoms with van der Waals surface area (Å²) < 4.78 is 14.3. The summed E-state index contributed by atoms with van der Waals surface area (Å²) in [6.07, 6.45) is 7.93. The van der Waals surface area contributed by atoms with E-state index in [2.05, 4.69) is 29.9 Å². The van der Waals surface area contributed by atoms with Crippen molar-refractivity contribution in [2.75, 3.05) is 6.26 Å². The summed E-state index contributed by atoms with van der Waals surface area (Å²) in [5, 5.41) is 0.703. The average molecular weight is 338 g/mol. The molecule has 4 heterocycles. The highest BCUT2D eigenvalue weighted by Crippen LogP contribution is 2.31. The van der Waals surface area contributed by atoms with Gasteiger partial charge in [-0.25, -0.2) is 19.3 Å². The summed E-state index contributed by atoms with van der Waals surface area (Å²) >= 11 is 1.46. The first-order valence-corrected chi connectivity index (χ1v) is 8.31. The summed E-state index contributed by atoms with van der Waals surface area (Å²) in [4.78, 5) is 24.5. The highest BCUT2D eigenvalue weighted by Gasteiger charge is 2.18. The number of fused-ring (bicyclic) bond motifs is 1. The molecule has 0 aliphatic rings. The first-order valence-electron chi connectivity index (χ1n) is 7.08. The third-order valence-electron chi connectivity index (χ3n) is 3.47. The van der Waals surface area contributed by atoms with Gasteiger partial charge in [-0.2, -0.15) is 0 Å². The molecule has 8 heteroatoms. The minimum absolute atomic E-state index is 0.332. The Labute approximate surface area is 140 Å². The molecule has 4 aromatic rings. The minimum atomic E-state index is -0.458. The molecule has 0 unspecified atom stereocenters. The number of rotatable bonds is 3. The second-order valence-electron chi connectivity index (χ2n) is 4.94. The molecule has 0 aliphatic heterocycles. The molecule has 4 rings (SSSR count). The molecule has 4 aromatic heterocycles. The predicted molar refractivity (Wildman–Crippen MR) is 89.9 cm³/mol. The van der Waals surface area contributed by atoms with Gasteiger partial charge in [0.05, 0.1) is 6.20 Å². The standard InChI is InChI=1S/C16H11FN6S/c1-24-16-22-14-15(23-16)21-13(10-4-6-19-8-11(10)17)12(20-14)9-3-2-5-18-7-9/h2-8H,1H3,(H,20,21,22,23). The number of aromatic amines is 1. The number of pyridine rings is 2. The number of aromatic nitrogens is 6. The van der Waals surface area contributed by atoms with Gasteiger partial charge in [0.2, 0.25) is 0 Å². The molecule has 24 heavy (non-hydrogen) atoms. The summed E-state index contributed by atoms with van der Waals surface area (Å²) in [7, 11) is 0. The van der Waals surface area contributed by atoms with E-state index in [4.69, 9.17) is 0 Å². The largest absolute Gasteiger partial charge is 0.316 e. The summed E-state index contributed by atoms with van der Waals surface area (Å²) in [5.41, 5.74) is 3.02. The van der Waals surface area contributed by atoms with Gasteiger partial charge in [-0.1, -0.05) is 11.8 Å². The first kappa shape index (κ1) is 14.7. The number of thioether (sulfide) groups is 1. The molecule has 0 atom stereocenters. The maximum absolute atomic E-state index is 14.3. The predicted octanol–water partition coefficient (Wildman–Crippen LogP) is 3.34. The van der Waals surface area contributed by atoms with Crippen LogP contribution in [0, 0.1) is 5.82 Å². The van der Waals surface area contributed by atoms with Crippen LogP contribution in [0.15, 0.2) is 48.1 Å². The van der Waals surface area contributed by atoms with Crippen molar-refractivity contribution in [3.05, 3.63) is 48.8 Å². The number of H-pyrrole nitrogens is 1. The van der Waals surface area contributed by atoms with Gasteiger partial charge in [0, 0.05) is 29.7 Å². The lowest BCUT2D eigenvalue weighted by Gasteiger charge is -2.08. The van der Waals surface area contributed by atoms with E-state index in [-0.39, 0.29) is 0 Å². The Kier molecular flexibility index (Phi) is 3.66. The van der Waals surface area contributed by atoms with Crippen molar-refractivity contribution in [1.29, 1.82) is 0 Å². The van der Waals surface area contributed by atoms with Crippen LogP contribution in [-0.4, -0.2) is 36.2 Å². The molecule has 0 radical (unpaired) electrons. The van der Waals surface area contributed by atoms with Crippen molar-refractivity contribution in [2.45, 2.75) is 5.16 Å². The maximum Gasteiger partial charge on any atom is 0.198 e. The second-order valence-corrected chi connectivity index (χ2v) is 5.73. The number of hydrogen-bond acceptors (Lipinski definition) is 6. The van der Waals surface area contributed by atoms with Crippen LogP contribution in [0.5, 0.6) is 0 Å². The molecule has 0 amide bonds. The van der Waals surface area contributed by atoms with Gasteiger partial charge in [-0.05, 0) is 24.5 Å². The van der Waals surface area contributed by atoms with Crippen molar-refractivity contribution in [2.24, 2.45) is 0 Å². The summed E-state index contributed by atoms with van der Waals surface area (Å²) in [6, 6.07) is 5.23. The van der Waals surface area contributed by atoms with Crippen LogP contribution in [-0.2, 0) is 0 Å². The molecule has 0 fully saturated rings. The topological polar surface area (TPSA) is 80.2 Å². The van der Waals surface area contributed by atoms with Crippen molar-refractivity contribution in [1.82, 2.24) is 29.9 Å². The van der Waals surface area contributed by atoms with Crippen molar-refractivity contribution in [3.63, 3.8) is 0 Å². The van der Waals surface area contributed by atoms with Gasteiger partial charge in [0.1, 0.15) is 11.4 Å². The fourth-order valence-electron chi connectivity index (χ4n) is 2.37. The fraction of sp³-hybridized carbons (Fsp3) is 0.0625. The van der Waals surface area contributed by atoms with Gasteiger partial charge >= 0.3 is 0 Å². The van der Waals surface area contributed by atoms with E-state index < -0.39 is 5.82 Å².